The molecule has 1 N–H and O–H groups in total. The fraction of sp³-hybridized carbons (Fsp3) is 0.300. The maximum atomic E-state index is 12.4. The highest BCUT2D eigenvalue weighted by molar-refractivity contribution is 5.81. The molecule has 1 heterocycles. The number of imidazole rings is 1. The van der Waals surface area contributed by atoms with Gasteiger partial charge in [-0.2, -0.15) is 0 Å². The van der Waals surface area contributed by atoms with E-state index in [-0.39, 0.29) is 11.9 Å². The van der Waals surface area contributed by atoms with E-state index in [0.29, 0.717) is 6.54 Å². The van der Waals surface area contributed by atoms with Crippen LogP contribution in [-0.2, 0) is 17.8 Å². The minimum absolute atomic E-state index is 0.0295. The Morgan fingerprint density at radius 1 is 1.12 bits per heavy atom. The Morgan fingerprint density at radius 3 is 2.62 bits per heavy atom. The van der Waals surface area contributed by atoms with Gasteiger partial charge in [-0.15, -0.1) is 0 Å². The van der Waals surface area contributed by atoms with Gasteiger partial charge >= 0.3 is 0 Å². The third kappa shape index (κ3) is 3.82. The molecule has 3 rings (SSSR count). The smallest absolute Gasteiger partial charge is 0.240 e. The van der Waals surface area contributed by atoms with Crippen molar-refractivity contribution in [2.75, 3.05) is 0 Å². The number of para-hydroxylation sites is 2. The van der Waals surface area contributed by atoms with E-state index in [9.17, 15) is 4.79 Å². The average Bonchev–Trinajstić information content (AvgIpc) is 2.90. The highest BCUT2D eigenvalue weighted by atomic mass is 16.2. The molecule has 24 heavy (non-hydrogen) atoms. The summed E-state index contributed by atoms with van der Waals surface area (Å²) in [5.74, 6) is 0.894. The maximum Gasteiger partial charge on any atom is 0.240 e. The van der Waals surface area contributed by atoms with Crippen LogP contribution in [0.2, 0.25) is 0 Å². The predicted molar refractivity (Wildman–Crippen MR) is 96.8 cm³/mol. The number of aryl methyl sites for hydroxylation is 2. The number of nitrogens with one attached hydrogen (secondary N) is 1. The molecule has 0 saturated carbocycles. The van der Waals surface area contributed by atoms with Gasteiger partial charge < -0.3 is 9.88 Å². The van der Waals surface area contributed by atoms with E-state index in [4.69, 9.17) is 0 Å². The Balaban J connectivity index is 1.57. The molecule has 4 heteroatoms. The molecule has 1 amide bonds. The van der Waals surface area contributed by atoms with Gasteiger partial charge in [-0.25, -0.2) is 4.98 Å². The Bertz CT molecular complexity index is 823. The third-order valence-corrected chi connectivity index (χ3v) is 4.26. The van der Waals surface area contributed by atoms with Gasteiger partial charge in [-0.05, 0) is 44.4 Å². The van der Waals surface area contributed by atoms with Crippen molar-refractivity contribution in [2.24, 2.45) is 0 Å². The first kappa shape index (κ1) is 16.2. The van der Waals surface area contributed by atoms with Crippen LogP contribution in [0.25, 0.3) is 11.0 Å². The summed E-state index contributed by atoms with van der Waals surface area (Å²) in [4.78, 5) is 16.9. The fourth-order valence-corrected chi connectivity index (χ4v) is 2.96. The van der Waals surface area contributed by atoms with Gasteiger partial charge in [-0.1, -0.05) is 42.5 Å². The van der Waals surface area contributed by atoms with Gasteiger partial charge in [0, 0.05) is 6.04 Å². The van der Waals surface area contributed by atoms with Crippen LogP contribution in [0.3, 0.4) is 0 Å². The van der Waals surface area contributed by atoms with Gasteiger partial charge in [0.15, 0.2) is 0 Å². The Labute approximate surface area is 142 Å². The first-order valence-corrected chi connectivity index (χ1v) is 8.38. The summed E-state index contributed by atoms with van der Waals surface area (Å²) in [5, 5.41) is 3.09. The Kier molecular flexibility index (Phi) is 4.94. The van der Waals surface area contributed by atoms with E-state index in [1.54, 1.807) is 0 Å². The molecule has 1 atom stereocenters. The molecule has 0 bridgehead atoms. The average molecular weight is 321 g/mol. The van der Waals surface area contributed by atoms with Crippen LogP contribution in [-0.4, -0.2) is 21.5 Å². The second-order valence-corrected chi connectivity index (χ2v) is 6.23. The zero-order valence-electron chi connectivity index (χ0n) is 14.2. The lowest BCUT2D eigenvalue weighted by molar-refractivity contribution is -0.122. The first-order chi connectivity index (χ1) is 11.6. The molecule has 124 valence electrons. The number of amides is 1. The van der Waals surface area contributed by atoms with E-state index in [0.717, 1.165) is 29.7 Å². The van der Waals surface area contributed by atoms with E-state index in [1.165, 1.54) is 5.56 Å². The van der Waals surface area contributed by atoms with Gasteiger partial charge in [0.05, 0.1) is 11.0 Å². The molecule has 3 aromatic rings. The van der Waals surface area contributed by atoms with Crippen LogP contribution < -0.4 is 5.32 Å². The maximum absolute atomic E-state index is 12.4. The van der Waals surface area contributed by atoms with Crippen molar-refractivity contribution in [3.63, 3.8) is 0 Å². The highest BCUT2D eigenvalue weighted by Gasteiger charge is 2.12. The van der Waals surface area contributed by atoms with Crippen molar-refractivity contribution in [3.05, 3.63) is 66.0 Å². The van der Waals surface area contributed by atoms with Crippen LogP contribution in [0.4, 0.5) is 0 Å². The zero-order valence-corrected chi connectivity index (χ0v) is 14.2. The first-order valence-electron chi connectivity index (χ1n) is 8.38. The van der Waals surface area contributed by atoms with Crippen molar-refractivity contribution < 1.29 is 4.79 Å². The molecular weight excluding hydrogens is 298 g/mol. The van der Waals surface area contributed by atoms with Gasteiger partial charge in [-0.3, -0.25) is 4.79 Å². The lowest BCUT2D eigenvalue weighted by Crippen LogP contribution is -2.35. The summed E-state index contributed by atoms with van der Waals surface area (Å²) in [6.07, 6.45) is 1.90. The van der Waals surface area contributed by atoms with E-state index in [1.807, 2.05) is 54.0 Å². The third-order valence-electron chi connectivity index (χ3n) is 4.26. The number of nitrogens with zero attached hydrogens (tertiary/aromatic N) is 2. The van der Waals surface area contributed by atoms with E-state index >= 15 is 0 Å². The minimum atomic E-state index is 0.0295. The summed E-state index contributed by atoms with van der Waals surface area (Å²) in [5.41, 5.74) is 3.23. The number of rotatable bonds is 6. The summed E-state index contributed by atoms with van der Waals surface area (Å²) in [7, 11) is 0. The molecule has 0 aliphatic heterocycles. The van der Waals surface area contributed by atoms with Gasteiger partial charge in [0.1, 0.15) is 12.4 Å². The van der Waals surface area contributed by atoms with Gasteiger partial charge in [0.25, 0.3) is 0 Å². The van der Waals surface area contributed by atoms with Crippen LogP contribution in [0.5, 0.6) is 0 Å². The second kappa shape index (κ2) is 7.30. The number of hydrogen-bond donors (Lipinski definition) is 1. The monoisotopic (exact) mass is 321 g/mol. The molecule has 0 radical (unpaired) electrons. The molecule has 2 aromatic carbocycles. The largest absolute Gasteiger partial charge is 0.352 e. The molecule has 0 aliphatic carbocycles. The van der Waals surface area contributed by atoms with Crippen LogP contribution in [0, 0.1) is 6.92 Å². The number of fused-ring (bicyclic) bond motifs is 1. The predicted octanol–water partition coefficient (Wildman–Crippen LogP) is 3.48. The van der Waals surface area contributed by atoms with Gasteiger partial charge in [0.2, 0.25) is 5.91 Å². The number of carbonyl (C=O) groups excluding carboxylic acids is 1. The summed E-state index contributed by atoms with van der Waals surface area (Å²) in [6, 6.07) is 18.4. The quantitative estimate of drug-likeness (QED) is 0.755. The summed E-state index contributed by atoms with van der Waals surface area (Å²) in [6.45, 7) is 4.30. The standard InChI is InChI=1S/C20H23N3O/c1-15(12-13-17-8-4-3-5-9-17)21-20(24)14-23-16(2)22-18-10-6-7-11-19(18)23/h3-11,15H,12-14H2,1-2H3,(H,21,24)/t15-/m0/s1. The van der Waals surface area contributed by atoms with Crippen molar-refractivity contribution in [3.8, 4) is 0 Å². The Hall–Kier alpha value is -2.62. The number of carbonyl (C=O) groups is 1. The summed E-state index contributed by atoms with van der Waals surface area (Å²) >= 11 is 0. The summed E-state index contributed by atoms with van der Waals surface area (Å²) < 4.78 is 1.97. The molecule has 0 unspecified atom stereocenters. The minimum Gasteiger partial charge on any atom is -0.352 e. The molecule has 1 aromatic heterocycles. The molecule has 0 saturated heterocycles. The second-order valence-electron chi connectivity index (χ2n) is 6.23. The number of hydrogen-bond acceptors (Lipinski definition) is 2. The van der Waals surface area contributed by atoms with E-state index < -0.39 is 0 Å². The molecule has 0 spiro atoms. The molecule has 0 aliphatic rings. The van der Waals surface area contributed by atoms with Crippen molar-refractivity contribution in [2.45, 2.75) is 39.3 Å². The van der Waals surface area contributed by atoms with Crippen molar-refractivity contribution in [1.82, 2.24) is 14.9 Å². The number of benzene rings is 2. The SMILES string of the molecule is Cc1nc2ccccc2n1CC(=O)N[C@@H](C)CCc1ccccc1. The molecule has 4 nitrogen and oxygen atoms in total. The zero-order chi connectivity index (χ0) is 16.9. The molecule has 0 fully saturated rings. The van der Waals surface area contributed by atoms with Crippen molar-refractivity contribution >= 4 is 16.9 Å². The van der Waals surface area contributed by atoms with Crippen LogP contribution in [0.15, 0.2) is 54.6 Å². The fourth-order valence-electron chi connectivity index (χ4n) is 2.96. The van der Waals surface area contributed by atoms with Crippen molar-refractivity contribution in [1.29, 1.82) is 0 Å². The van der Waals surface area contributed by atoms with Crippen LogP contribution in [0.1, 0.15) is 24.7 Å². The normalized spacial score (nSPS) is 12.2. The molecular formula is C20H23N3O. The topological polar surface area (TPSA) is 46.9 Å². The highest BCUT2D eigenvalue weighted by Crippen LogP contribution is 2.15. The number of aromatic nitrogens is 2. The lowest BCUT2D eigenvalue weighted by Gasteiger charge is -2.15. The Morgan fingerprint density at radius 2 is 1.83 bits per heavy atom. The lowest BCUT2D eigenvalue weighted by atomic mass is 10.1. The van der Waals surface area contributed by atoms with Crippen LogP contribution >= 0.6 is 0 Å². The van der Waals surface area contributed by atoms with E-state index in [2.05, 4.69) is 29.4 Å².